The Morgan fingerprint density at radius 3 is 1.98 bits per heavy atom. The molecular weight excluding hydrogens is 591 g/mol. The monoisotopic (exact) mass is 614 g/mol. The summed E-state index contributed by atoms with van der Waals surface area (Å²) in [7, 11) is 0. The number of nitrogens with zero attached hydrogens (tertiary/aromatic N) is 2. The van der Waals surface area contributed by atoms with Gasteiger partial charge in [0.05, 0.1) is 46.0 Å². The molecule has 2 heterocycles. The van der Waals surface area contributed by atoms with Gasteiger partial charge in [0.1, 0.15) is 6.10 Å². The lowest BCUT2D eigenvalue weighted by Gasteiger charge is -2.24. The van der Waals surface area contributed by atoms with E-state index < -0.39 is 77.2 Å². The maximum Gasteiger partial charge on any atom is 0.416 e. The lowest BCUT2D eigenvalue weighted by molar-refractivity contribution is -0.143. The van der Waals surface area contributed by atoms with Gasteiger partial charge in [-0.3, -0.25) is 9.89 Å². The first-order valence-electron chi connectivity index (χ1n) is 12.1. The molecule has 1 N–H and O–H groups in total. The number of carbonyl (C=O) groups is 1. The molecular formula is C26H23F9N2O3S. The highest BCUT2D eigenvalue weighted by Crippen LogP contribution is 2.42. The van der Waals surface area contributed by atoms with E-state index >= 15 is 0 Å². The molecule has 5 nitrogen and oxygen atoms in total. The molecule has 3 atom stereocenters. The lowest BCUT2D eigenvalue weighted by atomic mass is 9.97. The van der Waals surface area contributed by atoms with Crippen LogP contribution in [0.4, 0.5) is 44.3 Å². The highest BCUT2D eigenvalue weighted by atomic mass is 32.2. The molecule has 2 aliphatic heterocycles. The van der Waals surface area contributed by atoms with E-state index in [1.807, 2.05) is 0 Å². The summed E-state index contributed by atoms with van der Waals surface area (Å²) in [5.74, 6) is 0.334. The molecule has 41 heavy (non-hydrogen) atoms. The summed E-state index contributed by atoms with van der Waals surface area (Å²) in [6.45, 7) is 3.85. The number of hydrogen-bond acceptors (Lipinski definition) is 5. The Hall–Kier alpha value is -2.94. The Balaban J connectivity index is 1.72. The van der Waals surface area contributed by atoms with Crippen LogP contribution in [0.25, 0.3) is 0 Å². The largest absolute Gasteiger partial charge is 0.439 e. The molecule has 224 valence electrons. The number of alkyl halides is 9. The van der Waals surface area contributed by atoms with Crippen LogP contribution in [0.15, 0.2) is 41.4 Å². The molecule has 15 heteroatoms. The third-order valence-electron chi connectivity index (χ3n) is 6.80. The van der Waals surface area contributed by atoms with Crippen molar-refractivity contribution in [3.63, 3.8) is 0 Å². The van der Waals surface area contributed by atoms with E-state index in [4.69, 9.17) is 4.74 Å². The van der Waals surface area contributed by atoms with Gasteiger partial charge in [-0.15, -0.1) is 11.8 Å². The van der Waals surface area contributed by atoms with Gasteiger partial charge in [-0.05, 0) is 62.2 Å². The van der Waals surface area contributed by atoms with Gasteiger partial charge < -0.3 is 9.84 Å². The van der Waals surface area contributed by atoms with E-state index in [0.717, 1.165) is 17.0 Å². The Bertz CT molecular complexity index is 1330. The van der Waals surface area contributed by atoms with Crippen LogP contribution in [-0.2, 0) is 29.8 Å². The first-order chi connectivity index (χ1) is 18.7. The van der Waals surface area contributed by atoms with Gasteiger partial charge >= 0.3 is 24.6 Å². The number of thioether (sulfide) groups is 1. The molecule has 1 saturated heterocycles. The van der Waals surface area contributed by atoms with E-state index in [0.29, 0.717) is 22.9 Å². The third-order valence-corrected chi connectivity index (χ3v) is 7.88. The number of aliphatic hydroxyl groups is 1. The lowest BCUT2D eigenvalue weighted by Crippen LogP contribution is -2.34. The van der Waals surface area contributed by atoms with Crippen molar-refractivity contribution < 1.29 is 54.2 Å². The molecule has 2 aliphatic rings. The number of amides is 1. The van der Waals surface area contributed by atoms with Crippen molar-refractivity contribution >= 4 is 22.9 Å². The van der Waals surface area contributed by atoms with Crippen molar-refractivity contribution in [3.8, 4) is 0 Å². The normalized spacial score (nSPS) is 22.3. The van der Waals surface area contributed by atoms with Crippen molar-refractivity contribution in [2.24, 2.45) is 4.99 Å². The summed E-state index contributed by atoms with van der Waals surface area (Å²) in [5, 5.41) is 10.6. The van der Waals surface area contributed by atoms with Crippen LogP contribution in [0.5, 0.6) is 0 Å². The van der Waals surface area contributed by atoms with Gasteiger partial charge in [-0.1, -0.05) is 6.07 Å². The highest BCUT2D eigenvalue weighted by Gasteiger charge is 2.44. The third kappa shape index (κ3) is 6.60. The average Bonchev–Trinajstić information content (AvgIpc) is 3.43. The summed E-state index contributed by atoms with van der Waals surface area (Å²) in [6.07, 6.45) is -17.7. The first kappa shape index (κ1) is 31.0. The Morgan fingerprint density at radius 1 is 0.927 bits per heavy atom. The van der Waals surface area contributed by atoms with Crippen LogP contribution in [0.3, 0.4) is 0 Å². The Kier molecular flexibility index (Phi) is 7.87. The summed E-state index contributed by atoms with van der Waals surface area (Å²) in [4.78, 5) is 18.2. The van der Waals surface area contributed by atoms with E-state index in [9.17, 15) is 49.4 Å². The SMILES string of the molecule is C[C@H]1[C@@H](c2cc(C(F)(F)F)cc(C(F)(F)F)c2)OC(=O)N1Cc1cc(C(F)(F)F)ccc1C1=NC(C(C)(C)O)CS1. The van der Waals surface area contributed by atoms with Crippen LogP contribution < -0.4 is 0 Å². The number of halogens is 9. The van der Waals surface area contributed by atoms with E-state index in [1.54, 1.807) is 0 Å². The first-order valence-corrected chi connectivity index (χ1v) is 13.0. The zero-order valence-corrected chi connectivity index (χ0v) is 22.4. The van der Waals surface area contributed by atoms with E-state index in [-0.39, 0.29) is 17.2 Å². The minimum absolute atomic E-state index is 0.0213. The highest BCUT2D eigenvalue weighted by molar-refractivity contribution is 8.14. The Morgan fingerprint density at radius 2 is 1.49 bits per heavy atom. The molecule has 1 unspecified atom stereocenters. The standard InChI is InChI=1S/C26H23F9N2O3S/c1-12-20(13-6-16(25(30,31)32)9-17(7-13)26(33,34)35)40-22(38)37(12)10-14-8-15(24(27,28)29)4-5-18(14)21-36-19(11-41-21)23(2,3)39/h4-9,12,19-20,39H,10-11H2,1-3H3/t12-,19?,20-/m0/s1. The number of ether oxygens (including phenoxy) is 1. The van der Waals surface area contributed by atoms with Crippen molar-refractivity contribution in [1.29, 1.82) is 0 Å². The molecule has 0 aliphatic carbocycles. The fourth-order valence-electron chi connectivity index (χ4n) is 4.48. The predicted molar refractivity (Wildman–Crippen MR) is 131 cm³/mol. The minimum atomic E-state index is -5.13. The van der Waals surface area contributed by atoms with Gasteiger partial charge in [0.15, 0.2) is 0 Å². The molecule has 0 bridgehead atoms. The van der Waals surface area contributed by atoms with Gasteiger partial charge in [-0.2, -0.15) is 39.5 Å². The fraction of sp³-hybridized carbons (Fsp3) is 0.462. The zero-order chi connectivity index (χ0) is 30.7. The fourth-order valence-corrected chi connectivity index (χ4v) is 5.83. The van der Waals surface area contributed by atoms with E-state index in [2.05, 4.69) is 4.99 Å². The number of hydrogen-bond donors (Lipinski definition) is 1. The van der Waals surface area contributed by atoms with Crippen LogP contribution >= 0.6 is 11.8 Å². The number of aliphatic imine (C=N–C) groups is 1. The second kappa shape index (κ2) is 10.4. The summed E-state index contributed by atoms with van der Waals surface area (Å²) in [5.41, 5.74) is -5.80. The van der Waals surface area contributed by atoms with E-state index in [1.165, 1.54) is 38.6 Å². The maximum absolute atomic E-state index is 13.6. The molecule has 2 aromatic carbocycles. The minimum Gasteiger partial charge on any atom is -0.439 e. The van der Waals surface area contributed by atoms with Crippen molar-refractivity contribution in [3.05, 3.63) is 69.8 Å². The molecule has 0 aromatic heterocycles. The molecule has 2 aromatic rings. The Labute approximate surface area is 232 Å². The van der Waals surface area contributed by atoms with Crippen molar-refractivity contribution in [2.45, 2.75) is 69.6 Å². The van der Waals surface area contributed by atoms with Crippen molar-refractivity contribution in [1.82, 2.24) is 4.90 Å². The van der Waals surface area contributed by atoms with Crippen LogP contribution in [0, 0.1) is 0 Å². The summed E-state index contributed by atoms with van der Waals surface area (Å²) < 4.78 is 126. The van der Waals surface area contributed by atoms with Gasteiger partial charge in [-0.25, -0.2) is 4.79 Å². The van der Waals surface area contributed by atoms with Crippen LogP contribution in [0.2, 0.25) is 0 Å². The molecule has 1 fully saturated rings. The quantitative estimate of drug-likeness (QED) is 0.356. The second-order valence-corrected chi connectivity index (χ2v) is 11.3. The van der Waals surface area contributed by atoms with Crippen LogP contribution in [-0.4, -0.2) is 44.6 Å². The molecule has 0 spiro atoms. The van der Waals surface area contributed by atoms with Gasteiger partial charge in [0.2, 0.25) is 0 Å². The van der Waals surface area contributed by atoms with Gasteiger partial charge in [0, 0.05) is 11.3 Å². The number of carbonyl (C=O) groups excluding carboxylic acids is 1. The zero-order valence-electron chi connectivity index (χ0n) is 21.6. The smallest absolute Gasteiger partial charge is 0.416 e. The maximum atomic E-state index is 13.6. The topological polar surface area (TPSA) is 62.1 Å². The number of cyclic esters (lactones) is 1. The second-order valence-electron chi connectivity index (χ2n) is 10.3. The molecule has 0 saturated carbocycles. The number of benzene rings is 2. The average molecular weight is 615 g/mol. The molecule has 4 rings (SSSR count). The van der Waals surface area contributed by atoms with Crippen LogP contribution in [0.1, 0.15) is 60.3 Å². The van der Waals surface area contributed by atoms with Crippen molar-refractivity contribution in [2.75, 3.05) is 5.75 Å². The molecule has 0 radical (unpaired) electrons. The predicted octanol–water partition coefficient (Wildman–Crippen LogP) is 7.46. The summed E-state index contributed by atoms with van der Waals surface area (Å²) in [6, 6.07) is 1.91. The summed E-state index contributed by atoms with van der Waals surface area (Å²) >= 11 is 1.18. The van der Waals surface area contributed by atoms with Gasteiger partial charge in [0.25, 0.3) is 0 Å². The number of rotatable bonds is 5. The molecule has 1 amide bonds.